The van der Waals surface area contributed by atoms with Gasteiger partial charge in [-0.25, -0.2) is 19.4 Å². The molecule has 44 heavy (non-hydrogen) atoms. The smallest absolute Gasteiger partial charge is 0.352 e. The van der Waals surface area contributed by atoms with Crippen LogP contribution >= 0.6 is 23.1 Å². The zero-order valence-electron chi connectivity index (χ0n) is 23.1. The first-order chi connectivity index (χ1) is 20.7. The molecule has 9 N–H and O–H groups in total. The number of phenolic OH excluding ortho intramolecular Hbond substituents is 2. The fourth-order valence-corrected chi connectivity index (χ4v) is 5.92. The van der Waals surface area contributed by atoms with Gasteiger partial charge in [0.1, 0.15) is 22.8 Å². The molecule has 2 atom stereocenters. The average Bonchev–Trinajstić information content (AvgIpc) is 3.38. The number of aliphatic carboxylic acids is 2. The first-order valence-electron chi connectivity index (χ1n) is 12.7. The van der Waals surface area contributed by atoms with Gasteiger partial charge in [0.25, 0.3) is 11.8 Å². The Morgan fingerprint density at radius 1 is 1.20 bits per heavy atom. The molecule has 2 aliphatic rings. The molecule has 1 aromatic heterocycles. The van der Waals surface area contributed by atoms with E-state index in [1.165, 1.54) is 43.1 Å². The lowest BCUT2D eigenvalue weighted by Crippen LogP contribution is -2.71. The number of nitrogen functional groups attached to an aromatic ring is 1. The van der Waals surface area contributed by atoms with Crippen molar-refractivity contribution in [2.75, 3.05) is 23.3 Å². The van der Waals surface area contributed by atoms with Crippen LogP contribution in [0.4, 0.5) is 15.6 Å². The highest BCUT2D eigenvalue weighted by atomic mass is 32.2. The van der Waals surface area contributed by atoms with E-state index < -0.39 is 58.3 Å². The zero-order valence-corrected chi connectivity index (χ0v) is 24.7. The number of carbonyl (C=O) groups is 5. The lowest BCUT2D eigenvalue weighted by Gasteiger charge is -2.49. The Bertz CT molecular complexity index is 1590. The van der Waals surface area contributed by atoms with Crippen LogP contribution in [0.2, 0.25) is 0 Å². The number of nitrogens with zero attached hydrogens (tertiary/aromatic N) is 3. The molecule has 0 bridgehead atoms. The number of hydrogen-bond donors (Lipinski definition) is 8. The van der Waals surface area contributed by atoms with E-state index in [1.807, 2.05) is 0 Å². The molecule has 1 saturated heterocycles. The number of carboxylic acid groups (broad SMARTS) is 2. The molecule has 1 unspecified atom stereocenters. The number of carbonyl (C=O) groups excluding carboxylic acids is 3. The SMILES string of the molecule is CC(C)(O/N=C(\C(=O)N[C@@H]1C(=O)N2C(C(=O)O)=C(CCNC(=O)Nc3ccc(O)c(O)c3)CSC12)c1csc(N)n1)C(=O)O. The number of fused-ring (bicyclic) bond motifs is 1. The number of benzene rings is 1. The number of carboxylic acids is 2. The molecule has 234 valence electrons. The van der Waals surface area contributed by atoms with Crippen LogP contribution in [0.1, 0.15) is 26.0 Å². The van der Waals surface area contributed by atoms with Crippen LogP contribution in [0.15, 0.2) is 40.0 Å². The summed E-state index contributed by atoms with van der Waals surface area (Å²) in [5.74, 6) is -4.93. The molecule has 17 nitrogen and oxygen atoms in total. The number of anilines is 2. The molecule has 2 aliphatic heterocycles. The number of thioether (sulfide) groups is 1. The van der Waals surface area contributed by atoms with Crippen LogP contribution < -0.4 is 21.7 Å². The maximum Gasteiger partial charge on any atom is 0.352 e. The summed E-state index contributed by atoms with van der Waals surface area (Å²) in [6.45, 7) is 2.45. The molecule has 19 heteroatoms. The summed E-state index contributed by atoms with van der Waals surface area (Å²) in [6.07, 6.45) is 0.0924. The fraction of sp³-hybridized carbons (Fsp3) is 0.320. The maximum atomic E-state index is 13.2. The summed E-state index contributed by atoms with van der Waals surface area (Å²) < 4.78 is 0. The molecular formula is C25H27N7O10S2. The predicted molar refractivity (Wildman–Crippen MR) is 157 cm³/mol. The number of phenols is 2. The topological polar surface area (TPSA) is 266 Å². The van der Waals surface area contributed by atoms with E-state index in [4.69, 9.17) is 10.6 Å². The van der Waals surface area contributed by atoms with Crippen molar-refractivity contribution in [3.05, 3.63) is 40.5 Å². The van der Waals surface area contributed by atoms with Gasteiger partial charge < -0.3 is 46.9 Å². The minimum absolute atomic E-state index is 0.0126. The zero-order chi connectivity index (χ0) is 32.3. The van der Waals surface area contributed by atoms with Crippen LogP contribution in [0, 0.1) is 0 Å². The van der Waals surface area contributed by atoms with E-state index in [2.05, 4.69) is 26.1 Å². The molecule has 4 amide bonds. The Kier molecular flexibility index (Phi) is 9.19. The quantitative estimate of drug-likeness (QED) is 0.0548. The number of rotatable bonds is 11. The summed E-state index contributed by atoms with van der Waals surface area (Å²) in [5.41, 5.74) is 3.75. The van der Waals surface area contributed by atoms with E-state index >= 15 is 0 Å². The van der Waals surface area contributed by atoms with Crippen molar-refractivity contribution in [3.8, 4) is 11.5 Å². The molecule has 3 heterocycles. The number of thiazole rings is 1. The highest BCUT2D eigenvalue weighted by Gasteiger charge is 2.54. The summed E-state index contributed by atoms with van der Waals surface area (Å²) in [6, 6.07) is 1.93. The van der Waals surface area contributed by atoms with E-state index in [0.29, 0.717) is 5.57 Å². The predicted octanol–water partition coefficient (Wildman–Crippen LogP) is 0.671. The van der Waals surface area contributed by atoms with Gasteiger partial charge in [0, 0.05) is 29.4 Å². The number of nitrogens with one attached hydrogen (secondary N) is 3. The summed E-state index contributed by atoms with van der Waals surface area (Å²) in [4.78, 5) is 72.2. The number of β-lactam (4-membered cyclic amide) rings is 1. The van der Waals surface area contributed by atoms with Gasteiger partial charge in [0.15, 0.2) is 22.3 Å². The van der Waals surface area contributed by atoms with Gasteiger partial charge in [-0.2, -0.15) is 0 Å². The van der Waals surface area contributed by atoms with Gasteiger partial charge in [-0.15, -0.1) is 23.1 Å². The normalized spacial score (nSPS) is 18.2. The number of aromatic hydroxyl groups is 2. The largest absolute Gasteiger partial charge is 0.504 e. The van der Waals surface area contributed by atoms with Crippen molar-refractivity contribution in [2.24, 2.45) is 5.16 Å². The highest BCUT2D eigenvalue weighted by Crippen LogP contribution is 2.41. The fourth-order valence-electron chi connectivity index (χ4n) is 3.99. The van der Waals surface area contributed by atoms with Gasteiger partial charge in [-0.3, -0.25) is 14.5 Å². The first kappa shape index (κ1) is 31.9. The molecule has 1 aromatic carbocycles. The number of oxime groups is 1. The molecule has 2 aromatic rings. The summed E-state index contributed by atoms with van der Waals surface area (Å²) in [7, 11) is 0. The lowest BCUT2D eigenvalue weighted by molar-refractivity contribution is -0.161. The molecular weight excluding hydrogens is 622 g/mol. The maximum absolute atomic E-state index is 13.2. The molecule has 4 rings (SSSR count). The van der Waals surface area contributed by atoms with E-state index in [9.17, 15) is 44.4 Å². The highest BCUT2D eigenvalue weighted by molar-refractivity contribution is 8.00. The standard InChI is InChI=1S/C25H27N7O10S2/c1-25(2,22(39)40)42-31-15(12-9-44-23(26)29-12)18(35)30-16-19(36)32-17(21(37)38)10(8-43-20(16)32)5-6-27-24(41)28-11-3-4-13(33)14(34)7-11/h3-4,7,9,16,20,33-34H,5-6,8H2,1-2H3,(H2,26,29)(H,30,35)(H,37,38)(H,39,40)(H2,27,28,41)/b31-15-/t16-,20?/m1/s1. The van der Waals surface area contributed by atoms with E-state index in [-0.39, 0.29) is 46.7 Å². The van der Waals surface area contributed by atoms with Crippen molar-refractivity contribution >= 4 is 69.4 Å². The Labute approximate surface area is 256 Å². The van der Waals surface area contributed by atoms with Gasteiger partial charge in [-0.1, -0.05) is 5.16 Å². The average molecular weight is 650 g/mol. The third-order valence-electron chi connectivity index (χ3n) is 6.34. The van der Waals surface area contributed by atoms with E-state index in [1.54, 1.807) is 0 Å². The third kappa shape index (κ3) is 6.78. The van der Waals surface area contributed by atoms with Crippen LogP contribution in [0.3, 0.4) is 0 Å². The monoisotopic (exact) mass is 649 g/mol. The van der Waals surface area contributed by atoms with Crippen LogP contribution in [0.5, 0.6) is 11.5 Å². The van der Waals surface area contributed by atoms with E-state index in [0.717, 1.165) is 22.3 Å². The molecule has 1 fully saturated rings. The minimum atomic E-state index is -1.79. The minimum Gasteiger partial charge on any atom is -0.504 e. The second kappa shape index (κ2) is 12.7. The number of aromatic nitrogens is 1. The van der Waals surface area contributed by atoms with Gasteiger partial charge in [-0.05, 0) is 38.0 Å². The molecule has 0 saturated carbocycles. The van der Waals surface area contributed by atoms with Gasteiger partial charge >= 0.3 is 18.0 Å². The Morgan fingerprint density at radius 3 is 2.55 bits per heavy atom. The van der Waals surface area contributed by atoms with Crippen LogP contribution in [0.25, 0.3) is 0 Å². The van der Waals surface area contributed by atoms with Crippen molar-refractivity contribution in [1.82, 2.24) is 20.5 Å². The van der Waals surface area contributed by atoms with Crippen LogP contribution in [-0.4, -0.2) is 95.1 Å². The number of nitrogens with two attached hydrogens (primary N) is 1. The lowest BCUT2D eigenvalue weighted by atomic mass is 10.0. The Balaban J connectivity index is 1.42. The number of hydrogen-bond acceptors (Lipinski definition) is 13. The van der Waals surface area contributed by atoms with Crippen molar-refractivity contribution in [1.29, 1.82) is 0 Å². The van der Waals surface area contributed by atoms with Crippen LogP contribution in [-0.2, 0) is 24.0 Å². The second-order valence-corrected chi connectivity index (χ2v) is 11.9. The second-order valence-electron chi connectivity index (χ2n) is 9.87. The molecule has 0 spiro atoms. The Morgan fingerprint density at radius 2 is 1.93 bits per heavy atom. The third-order valence-corrected chi connectivity index (χ3v) is 8.36. The number of amides is 4. The first-order valence-corrected chi connectivity index (χ1v) is 14.6. The number of urea groups is 1. The summed E-state index contributed by atoms with van der Waals surface area (Å²) >= 11 is 2.19. The Hall–Kier alpha value is -5.04. The molecule has 0 aliphatic carbocycles. The van der Waals surface area contributed by atoms with Crippen molar-refractivity contribution in [3.63, 3.8) is 0 Å². The summed E-state index contributed by atoms with van der Waals surface area (Å²) in [5, 5.41) is 50.1. The molecule has 0 radical (unpaired) electrons. The van der Waals surface area contributed by atoms with Gasteiger partial charge in [0.05, 0.1) is 0 Å². The van der Waals surface area contributed by atoms with Crippen molar-refractivity contribution < 1.29 is 49.2 Å². The van der Waals surface area contributed by atoms with Crippen molar-refractivity contribution in [2.45, 2.75) is 37.3 Å². The van der Waals surface area contributed by atoms with Gasteiger partial charge in [0.2, 0.25) is 5.60 Å².